The molecule has 1 saturated heterocycles. The van der Waals surface area contributed by atoms with E-state index < -0.39 is 15.8 Å². The van der Waals surface area contributed by atoms with Crippen LogP contribution in [-0.4, -0.2) is 50.6 Å². The molecule has 0 bridgehead atoms. The number of rotatable bonds is 4. The predicted molar refractivity (Wildman–Crippen MR) is 97.7 cm³/mol. The van der Waals surface area contributed by atoms with Gasteiger partial charge in [-0.25, -0.2) is 12.8 Å². The molecule has 2 aromatic carbocycles. The number of hydrogen-bond donors (Lipinski definition) is 0. The summed E-state index contributed by atoms with van der Waals surface area (Å²) in [6.45, 7) is 4.67. The molecule has 2 aliphatic rings. The van der Waals surface area contributed by atoms with E-state index in [4.69, 9.17) is 9.47 Å². The Labute approximate surface area is 158 Å². The van der Waals surface area contributed by atoms with Crippen molar-refractivity contribution in [3.05, 3.63) is 53.3 Å². The first-order chi connectivity index (χ1) is 12.9. The molecular weight excluding hydrogens is 371 g/mol. The molecule has 144 valence electrons. The third kappa shape index (κ3) is 3.65. The average molecular weight is 392 g/mol. The van der Waals surface area contributed by atoms with E-state index in [0.717, 1.165) is 23.6 Å². The van der Waals surface area contributed by atoms with Crippen molar-refractivity contribution in [2.24, 2.45) is 0 Å². The van der Waals surface area contributed by atoms with Crippen molar-refractivity contribution in [3.63, 3.8) is 0 Å². The van der Waals surface area contributed by atoms with Gasteiger partial charge in [0.25, 0.3) is 0 Å². The molecule has 0 aromatic heterocycles. The van der Waals surface area contributed by atoms with Gasteiger partial charge >= 0.3 is 0 Å². The van der Waals surface area contributed by atoms with E-state index in [1.165, 1.54) is 22.5 Å². The van der Waals surface area contributed by atoms with Crippen LogP contribution in [0.5, 0.6) is 11.5 Å². The topological polar surface area (TPSA) is 59.1 Å². The first-order valence-electron chi connectivity index (χ1n) is 8.81. The van der Waals surface area contributed by atoms with E-state index in [1.54, 1.807) is 6.92 Å². The molecule has 0 radical (unpaired) electrons. The quantitative estimate of drug-likeness (QED) is 0.800. The monoisotopic (exact) mass is 392 g/mol. The van der Waals surface area contributed by atoms with Gasteiger partial charge in [0.05, 0.1) is 4.90 Å². The maximum absolute atomic E-state index is 13.3. The summed E-state index contributed by atoms with van der Waals surface area (Å²) in [5.41, 5.74) is 1.53. The Morgan fingerprint density at radius 2 is 1.74 bits per heavy atom. The highest BCUT2D eigenvalue weighted by Gasteiger charge is 2.29. The average Bonchev–Trinajstić information content (AvgIpc) is 3.09. The minimum Gasteiger partial charge on any atom is -0.454 e. The number of fused-ring (bicyclic) bond motifs is 1. The van der Waals surface area contributed by atoms with E-state index in [0.29, 0.717) is 31.7 Å². The van der Waals surface area contributed by atoms with Crippen molar-refractivity contribution in [3.8, 4) is 11.5 Å². The SMILES string of the molecule is Cc1cc(F)ccc1S(=O)(=O)N1CCN(Cc2ccc3c(c2)OCO3)CC1. The summed E-state index contributed by atoms with van der Waals surface area (Å²) in [7, 11) is -3.61. The third-order valence-electron chi connectivity index (χ3n) is 4.93. The summed E-state index contributed by atoms with van der Waals surface area (Å²) < 4.78 is 51.2. The zero-order valence-electron chi connectivity index (χ0n) is 15.0. The summed E-state index contributed by atoms with van der Waals surface area (Å²) in [6, 6.07) is 9.65. The van der Waals surface area contributed by atoms with Crippen LogP contribution in [0.25, 0.3) is 0 Å². The van der Waals surface area contributed by atoms with Gasteiger partial charge in [-0.1, -0.05) is 6.07 Å². The molecule has 0 atom stereocenters. The van der Waals surface area contributed by atoms with Crippen LogP contribution < -0.4 is 9.47 Å². The van der Waals surface area contributed by atoms with Crippen molar-refractivity contribution in [1.29, 1.82) is 0 Å². The zero-order chi connectivity index (χ0) is 19.0. The number of aryl methyl sites for hydroxylation is 1. The molecule has 0 unspecified atom stereocenters. The highest BCUT2D eigenvalue weighted by atomic mass is 32.2. The van der Waals surface area contributed by atoms with Crippen LogP contribution in [0.2, 0.25) is 0 Å². The first-order valence-corrected chi connectivity index (χ1v) is 10.2. The summed E-state index contributed by atoms with van der Waals surface area (Å²) in [4.78, 5) is 2.38. The highest BCUT2D eigenvalue weighted by molar-refractivity contribution is 7.89. The van der Waals surface area contributed by atoms with E-state index in [-0.39, 0.29) is 11.7 Å². The fraction of sp³-hybridized carbons (Fsp3) is 0.368. The molecule has 0 aliphatic carbocycles. The smallest absolute Gasteiger partial charge is 0.243 e. The molecule has 6 nitrogen and oxygen atoms in total. The Bertz CT molecular complexity index is 956. The van der Waals surface area contributed by atoms with Gasteiger partial charge in [0.2, 0.25) is 16.8 Å². The standard InChI is InChI=1S/C19H21FN2O4S/c1-14-10-16(20)3-5-19(14)27(23,24)22-8-6-21(7-9-22)12-15-2-4-17-18(11-15)26-13-25-17/h2-5,10-11H,6-9,12-13H2,1H3. The number of ether oxygens (including phenoxy) is 2. The lowest BCUT2D eigenvalue weighted by Crippen LogP contribution is -2.48. The first kappa shape index (κ1) is 18.2. The second-order valence-electron chi connectivity index (χ2n) is 6.78. The molecule has 0 amide bonds. The molecular formula is C19H21FN2O4S. The maximum Gasteiger partial charge on any atom is 0.243 e. The van der Waals surface area contributed by atoms with Crippen molar-refractivity contribution in [1.82, 2.24) is 9.21 Å². The number of benzene rings is 2. The molecule has 2 aliphatic heterocycles. The minimum atomic E-state index is -3.61. The molecule has 27 heavy (non-hydrogen) atoms. The largest absolute Gasteiger partial charge is 0.454 e. The van der Waals surface area contributed by atoms with Gasteiger partial charge in [0.1, 0.15) is 5.82 Å². The molecule has 1 fully saturated rings. The molecule has 0 N–H and O–H groups in total. The molecule has 2 heterocycles. The Kier molecular flexibility index (Phi) is 4.79. The molecule has 4 rings (SSSR count). The van der Waals surface area contributed by atoms with E-state index in [1.807, 2.05) is 18.2 Å². The van der Waals surface area contributed by atoms with Crippen LogP contribution in [0, 0.1) is 12.7 Å². The van der Waals surface area contributed by atoms with Crippen LogP contribution in [0.4, 0.5) is 4.39 Å². The number of hydrogen-bond acceptors (Lipinski definition) is 5. The van der Waals surface area contributed by atoms with E-state index in [2.05, 4.69) is 4.90 Å². The number of halogens is 1. The van der Waals surface area contributed by atoms with Crippen LogP contribution in [0.1, 0.15) is 11.1 Å². The number of piperazine rings is 1. The molecule has 0 spiro atoms. The maximum atomic E-state index is 13.3. The Morgan fingerprint density at radius 3 is 2.48 bits per heavy atom. The van der Waals surface area contributed by atoms with Gasteiger partial charge in [-0.15, -0.1) is 0 Å². The minimum absolute atomic E-state index is 0.174. The molecule has 8 heteroatoms. The summed E-state index contributed by atoms with van der Waals surface area (Å²) in [5.74, 6) is 1.07. The Morgan fingerprint density at radius 1 is 1.00 bits per heavy atom. The highest BCUT2D eigenvalue weighted by Crippen LogP contribution is 2.33. The van der Waals surface area contributed by atoms with Crippen LogP contribution in [0.3, 0.4) is 0 Å². The third-order valence-corrected chi connectivity index (χ3v) is 6.99. The van der Waals surface area contributed by atoms with Gasteiger partial charge in [-0.2, -0.15) is 4.31 Å². The summed E-state index contributed by atoms with van der Waals surface area (Å²) in [6.07, 6.45) is 0. The van der Waals surface area contributed by atoms with Crippen molar-refractivity contribution in [2.75, 3.05) is 33.0 Å². The van der Waals surface area contributed by atoms with Crippen molar-refractivity contribution < 1.29 is 22.3 Å². The Hall–Kier alpha value is -2.16. The fourth-order valence-electron chi connectivity index (χ4n) is 3.47. The molecule has 0 saturated carbocycles. The van der Waals surface area contributed by atoms with Gasteiger partial charge in [-0.3, -0.25) is 4.90 Å². The van der Waals surface area contributed by atoms with Gasteiger partial charge < -0.3 is 9.47 Å². The van der Waals surface area contributed by atoms with Gasteiger partial charge in [-0.05, 0) is 48.4 Å². The second-order valence-corrected chi connectivity index (χ2v) is 8.68. The lowest BCUT2D eigenvalue weighted by Gasteiger charge is -2.34. The summed E-state index contributed by atoms with van der Waals surface area (Å²) in [5, 5.41) is 0. The summed E-state index contributed by atoms with van der Waals surface area (Å²) >= 11 is 0. The lowest BCUT2D eigenvalue weighted by atomic mass is 10.2. The normalized spacial score (nSPS) is 18.0. The van der Waals surface area contributed by atoms with E-state index >= 15 is 0 Å². The second kappa shape index (κ2) is 7.10. The Balaban J connectivity index is 1.41. The van der Waals surface area contributed by atoms with Crippen LogP contribution >= 0.6 is 0 Å². The number of sulfonamides is 1. The van der Waals surface area contributed by atoms with Crippen molar-refractivity contribution in [2.45, 2.75) is 18.4 Å². The fourth-order valence-corrected chi connectivity index (χ4v) is 5.09. The van der Waals surface area contributed by atoms with Crippen LogP contribution in [0.15, 0.2) is 41.3 Å². The predicted octanol–water partition coefficient (Wildman–Crippen LogP) is 2.37. The zero-order valence-corrected chi connectivity index (χ0v) is 15.8. The van der Waals surface area contributed by atoms with Crippen molar-refractivity contribution >= 4 is 10.0 Å². The van der Waals surface area contributed by atoms with Crippen LogP contribution in [-0.2, 0) is 16.6 Å². The number of nitrogens with zero attached hydrogens (tertiary/aromatic N) is 2. The lowest BCUT2D eigenvalue weighted by molar-refractivity contribution is 0.173. The molecule has 2 aromatic rings. The van der Waals surface area contributed by atoms with Gasteiger partial charge in [0, 0.05) is 32.7 Å². The van der Waals surface area contributed by atoms with Gasteiger partial charge in [0.15, 0.2) is 11.5 Å². The van der Waals surface area contributed by atoms with E-state index in [9.17, 15) is 12.8 Å².